The molecule has 0 fully saturated rings. The van der Waals surface area contributed by atoms with Gasteiger partial charge in [-0.25, -0.2) is 9.59 Å². The standard InChI is InChI=1S/C9H12Cl2N2O2/c1-2-3-4-5-9(10,11)8(12-6-14)13-7-15/h8H,2-5H2,1H3. The highest BCUT2D eigenvalue weighted by molar-refractivity contribution is 6.49. The monoisotopic (exact) mass is 250 g/mol. The molecule has 0 aliphatic carbocycles. The quantitative estimate of drug-likeness (QED) is 0.302. The summed E-state index contributed by atoms with van der Waals surface area (Å²) in [7, 11) is 0. The number of halogens is 2. The zero-order valence-electron chi connectivity index (χ0n) is 8.37. The maximum Gasteiger partial charge on any atom is 0.237 e. The molecule has 0 aromatic carbocycles. The Kier molecular flexibility index (Phi) is 7.27. The summed E-state index contributed by atoms with van der Waals surface area (Å²) < 4.78 is -1.34. The highest BCUT2D eigenvalue weighted by Gasteiger charge is 2.34. The number of isocyanates is 2. The predicted octanol–water partition coefficient (Wildman–Crippen LogP) is 2.74. The molecule has 0 heterocycles. The van der Waals surface area contributed by atoms with Crippen LogP contribution in [0, 0.1) is 0 Å². The van der Waals surface area contributed by atoms with Gasteiger partial charge in [-0.3, -0.25) is 0 Å². The molecular formula is C9H12Cl2N2O2. The Bertz CT molecular complexity index is 264. The topological polar surface area (TPSA) is 58.9 Å². The second-order valence-electron chi connectivity index (χ2n) is 3.03. The fourth-order valence-electron chi connectivity index (χ4n) is 1.06. The second kappa shape index (κ2) is 7.61. The average molecular weight is 251 g/mol. The summed E-state index contributed by atoms with van der Waals surface area (Å²) in [5.41, 5.74) is 0. The van der Waals surface area contributed by atoms with Crippen LogP contribution < -0.4 is 0 Å². The molecule has 0 atom stereocenters. The second-order valence-corrected chi connectivity index (χ2v) is 4.57. The van der Waals surface area contributed by atoms with Gasteiger partial charge in [0.2, 0.25) is 12.2 Å². The largest absolute Gasteiger partial charge is 0.237 e. The molecule has 0 N–H and O–H groups in total. The minimum Gasteiger partial charge on any atom is -0.211 e. The molecule has 0 saturated heterocycles. The van der Waals surface area contributed by atoms with Crippen LogP contribution in [0.4, 0.5) is 0 Å². The fraction of sp³-hybridized carbons (Fsp3) is 0.778. The van der Waals surface area contributed by atoms with Gasteiger partial charge in [-0.05, 0) is 6.42 Å². The van der Waals surface area contributed by atoms with E-state index in [1.165, 1.54) is 12.2 Å². The van der Waals surface area contributed by atoms with Gasteiger partial charge >= 0.3 is 0 Å². The first-order chi connectivity index (χ1) is 7.08. The summed E-state index contributed by atoms with van der Waals surface area (Å²) in [6.07, 6.45) is 4.61. The van der Waals surface area contributed by atoms with Crippen LogP contribution in [0.3, 0.4) is 0 Å². The Morgan fingerprint density at radius 1 is 1.20 bits per heavy atom. The van der Waals surface area contributed by atoms with Crippen LogP contribution >= 0.6 is 23.2 Å². The molecule has 0 radical (unpaired) electrons. The molecule has 0 spiro atoms. The van der Waals surface area contributed by atoms with Gasteiger partial charge < -0.3 is 0 Å². The van der Waals surface area contributed by atoms with Gasteiger partial charge in [-0.1, -0.05) is 49.4 Å². The van der Waals surface area contributed by atoms with Gasteiger partial charge in [-0.15, -0.1) is 0 Å². The highest BCUT2D eigenvalue weighted by Crippen LogP contribution is 2.33. The highest BCUT2D eigenvalue weighted by atomic mass is 35.5. The SMILES string of the molecule is CCCCCC(Cl)(Cl)C(N=C=O)N=C=O. The number of hydrogen-bond donors (Lipinski definition) is 0. The molecule has 0 rings (SSSR count). The summed E-state index contributed by atoms with van der Waals surface area (Å²) in [4.78, 5) is 26.7. The van der Waals surface area contributed by atoms with Crippen LogP contribution in [0.5, 0.6) is 0 Å². The van der Waals surface area contributed by atoms with Crippen molar-refractivity contribution in [1.29, 1.82) is 0 Å². The van der Waals surface area contributed by atoms with Crippen molar-refractivity contribution in [2.75, 3.05) is 0 Å². The van der Waals surface area contributed by atoms with E-state index in [-0.39, 0.29) is 0 Å². The number of nitrogens with zero attached hydrogens (tertiary/aromatic N) is 2. The minimum absolute atomic E-state index is 0.408. The maximum absolute atomic E-state index is 10.1. The van der Waals surface area contributed by atoms with Crippen LogP contribution in [0.2, 0.25) is 0 Å². The summed E-state index contributed by atoms with van der Waals surface area (Å²) in [6, 6.07) is 0. The van der Waals surface area contributed by atoms with Gasteiger partial charge in [0.15, 0.2) is 10.5 Å². The molecule has 0 aliphatic heterocycles. The molecule has 15 heavy (non-hydrogen) atoms. The van der Waals surface area contributed by atoms with E-state index in [2.05, 4.69) is 9.98 Å². The molecule has 0 saturated carbocycles. The van der Waals surface area contributed by atoms with Gasteiger partial charge in [0, 0.05) is 0 Å². The van der Waals surface area contributed by atoms with Gasteiger partial charge in [-0.2, -0.15) is 9.98 Å². The number of rotatable bonds is 7. The van der Waals surface area contributed by atoms with E-state index < -0.39 is 10.5 Å². The van der Waals surface area contributed by atoms with Crippen molar-refractivity contribution < 1.29 is 9.59 Å². The normalized spacial score (nSPS) is 12.5. The van der Waals surface area contributed by atoms with Crippen molar-refractivity contribution in [3.8, 4) is 0 Å². The van der Waals surface area contributed by atoms with Crippen molar-refractivity contribution >= 4 is 35.4 Å². The van der Waals surface area contributed by atoms with Crippen molar-refractivity contribution in [1.82, 2.24) is 0 Å². The van der Waals surface area contributed by atoms with Crippen LogP contribution in [0.1, 0.15) is 32.6 Å². The van der Waals surface area contributed by atoms with Crippen molar-refractivity contribution in [3.05, 3.63) is 0 Å². The predicted molar refractivity (Wildman–Crippen MR) is 58.6 cm³/mol. The average Bonchev–Trinajstić information content (AvgIpc) is 2.18. The Labute approximate surface area is 98.4 Å². The number of aliphatic imine (C=N–C) groups is 2. The van der Waals surface area contributed by atoms with E-state index in [0.717, 1.165) is 19.3 Å². The van der Waals surface area contributed by atoms with E-state index in [0.29, 0.717) is 6.42 Å². The summed E-state index contributed by atoms with van der Waals surface area (Å²) in [5, 5.41) is 0. The van der Waals surface area contributed by atoms with E-state index >= 15 is 0 Å². The third-order valence-corrected chi connectivity index (χ3v) is 2.61. The molecular weight excluding hydrogens is 239 g/mol. The zero-order chi connectivity index (χ0) is 11.7. The van der Waals surface area contributed by atoms with Crippen molar-refractivity contribution in [2.45, 2.75) is 43.1 Å². The first kappa shape index (κ1) is 14.3. The molecule has 0 amide bonds. The lowest BCUT2D eigenvalue weighted by Gasteiger charge is -2.21. The Balaban J connectivity index is 4.48. The Morgan fingerprint density at radius 2 is 1.73 bits per heavy atom. The molecule has 4 nitrogen and oxygen atoms in total. The smallest absolute Gasteiger partial charge is 0.211 e. The fourth-order valence-corrected chi connectivity index (χ4v) is 1.52. The Morgan fingerprint density at radius 3 is 2.13 bits per heavy atom. The first-order valence-corrected chi connectivity index (χ1v) is 5.36. The van der Waals surface area contributed by atoms with Gasteiger partial charge in [0.25, 0.3) is 0 Å². The molecule has 0 unspecified atom stereocenters. The summed E-state index contributed by atoms with van der Waals surface area (Å²) in [5.74, 6) is 0. The van der Waals surface area contributed by atoms with Crippen molar-refractivity contribution in [2.24, 2.45) is 9.98 Å². The molecule has 6 heteroatoms. The number of alkyl halides is 2. The third-order valence-electron chi connectivity index (χ3n) is 1.84. The Hall–Kier alpha value is -0.660. The number of carbonyl (C=O) groups excluding carboxylic acids is 2. The lowest BCUT2D eigenvalue weighted by atomic mass is 10.1. The number of hydrogen-bond acceptors (Lipinski definition) is 4. The number of unbranched alkanes of at least 4 members (excludes halogenated alkanes) is 2. The molecule has 0 aromatic rings. The molecule has 0 aromatic heterocycles. The van der Waals surface area contributed by atoms with E-state index in [4.69, 9.17) is 23.2 Å². The first-order valence-electron chi connectivity index (χ1n) is 4.60. The minimum atomic E-state index is -1.34. The maximum atomic E-state index is 10.1. The van der Waals surface area contributed by atoms with E-state index in [1.807, 2.05) is 6.92 Å². The lowest BCUT2D eigenvalue weighted by molar-refractivity contribution is 0.509. The molecule has 0 aliphatic rings. The molecule has 84 valence electrons. The summed E-state index contributed by atoms with van der Waals surface area (Å²) >= 11 is 11.8. The van der Waals surface area contributed by atoms with Crippen molar-refractivity contribution in [3.63, 3.8) is 0 Å². The van der Waals surface area contributed by atoms with Crippen LogP contribution in [-0.4, -0.2) is 22.7 Å². The van der Waals surface area contributed by atoms with Crippen LogP contribution in [0.25, 0.3) is 0 Å². The van der Waals surface area contributed by atoms with E-state index in [9.17, 15) is 9.59 Å². The third kappa shape index (κ3) is 5.71. The molecule has 0 bridgehead atoms. The van der Waals surface area contributed by atoms with Crippen LogP contribution in [-0.2, 0) is 9.59 Å². The van der Waals surface area contributed by atoms with Gasteiger partial charge in [0.1, 0.15) is 0 Å². The lowest BCUT2D eigenvalue weighted by Crippen LogP contribution is -2.27. The van der Waals surface area contributed by atoms with E-state index in [1.54, 1.807) is 0 Å². The summed E-state index contributed by atoms with van der Waals surface area (Å²) in [6.45, 7) is 2.04. The zero-order valence-corrected chi connectivity index (χ0v) is 9.88. The van der Waals surface area contributed by atoms with Gasteiger partial charge in [0.05, 0.1) is 0 Å². The van der Waals surface area contributed by atoms with Crippen LogP contribution in [0.15, 0.2) is 9.98 Å².